The van der Waals surface area contributed by atoms with Gasteiger partial charge in [0.05, 0.1) is 0 Å². The molecule has 18 heavy (non-hydrogen) atoms. The van der Waals surface area contributed by atoms with Crippen molar-refractivity contribution in [2.45, 2.75) is 12.5 Å². The van der Waals surface area contributed by atoms with Gasteiger partial charge in [0.2, 0.25) is 0 Å². The Balaban J connectivity index is 2.15. The molecule has 5 heteroatoms. The van der Waals surface area contributed by atoms with E-state index in [0.717, 1.165) is 5.56 Å². The second-order valence-electron chi connectivity index (χ2n) is 3.92. The molecule has 0 aliphatic heterocycles. The molecule has 1 heterocycles. The Morgan fingerprint density at radius 2 is 1.94 bits per heavy atom. The monoisotopic (exact) mass is 265 g/mol. The van der Waals surface area contributed by atoms with Crippen LogP contribution in [0.1, 0.15) is 5.76 Å². The third kappa shape index (κ3) is 2.91. The summed E-state index contributed by atoms with van der Waals surface area (Å²) in [6, 6.07) is 9.77. The van der Waals surface area contributed by atoms with Gasteiger partial charge in [-0.3, -0.25) is 4.79 Å². The van der Waals surface area contributed by atoms with E-state index in [9.17, 15) is 4.79 Å². The van der Waals surface area contributed by atoms with Crippen LogP contribution in [0.3, 0.4) is 0 Å². The summed E-state index contributed by atoms with van der Waals surface area (Å²) in [5, 5.41) is 9.37. The van der Waals surface area contributed by atoms with Crippen molar-refractivity contribution in [3.8, 4) is 11.3 Å². The van der Waals surface area contributed by atoms with E-state index in [1.807, 2.05) is 12.1 Å². The Morgan fingerprint density at radius 3 is 2.56 bits per heavy atom. The molecule has 0 saturated carbocycles. The number of aliphatic carboxylic acids is 1. The van der Waals surface area contributed by atoms with Crippen molar-refractivity contribution in [3.63, 3.8) is 0 Å². The van der Waals surface area contributed by atoms with Gasteiger partial charge >= 0.3 is 5.97 Å². The molecule has 4 nitrogen and oxygen atoms in total. The number of carboxylic acids is 1. The molecular weight excluding hydrogens is 254 g/mol. The lowest BCUT2D eigenvalue weighted by molar-refractivity contribution is -0.138. The van der Waals surface area contributed by atoms with Crippen LogP contribution >= 0.6 is 11.6 Å². The van der Waals surface area contributed by atoms with Crippen molar-refractivity contribution in [2.24, 2.45) is 5.73 Å². The Hall–Kier alpha value is -1.78. The van der Waals surface area contributed by atoms with Crippen molar-refractivity contribution in [3.05, 3.63) is 47.2 Å². The van der Waals surface area contributed by atoms with Crippen LogP contribution in [0, 0.1) is 0 Å². The summed E-state index contributed by atoms with van der Waals surface area (Å²) in [4.78, 5) is 10.6. The molecule has 1 unspecified atom stereocenters. The molecule has 0 spiro atoms. The molecule has 0 radical (unpaired) electrons. The highest BCUT2D eigenvalue weighted by molar-refractivity contribution is 6.30. The lowest BCUT2D eigenvalue weighted by Crippen LogP contribution is -2.32. The van der Waals surface area contributed by atoms with E-state index in [0.29, 0.717) is 16.5 Å². The quantitative estimate of drug-likeness (QED) is 0.891. The van der Waals surface area contributed by atoms with Crippen molar-refractivity contribution >= 4 is 17.6 Å². The van der Waals surface area contributed by atoms with Crippen LogP contribution in [0.15, 0.2) is 40.8 Å². The standard InChI is InChI=1S/C13H12ClNO3/c14-9-3-1-8(2-4-9)12-6-5-10(18-12)7-11(15)13(16)17/h1-6,11H,7,15H2,(H,16,17). The fraction of sp³-hybridized carbons (Fsp3) is 0.154. The molecule has 1 aromatic heterocycles. The van der Waals surface area contributed by atoms with Gasteiger partial charge in [0, 0.05) is 17.0 Å². The van der Waals surface area contributed by atoms with Crippen molar-refractivity contribution < 1.29 is 14.3 Å². The highest BCUT2D eigenvalue weighted by Crippen LogP contribution is 2.24. The number of hydrogen-bond donors (Lipinski definition) is 2. The molecule has 1 atom stereocenters. The highest BCUT2D eigenvalue weighted by atomic mass is 35.5. The number of furan rings is 1. The van der Waals surface area contributed by atoms with Gasteiger partial charge in [0.15, 0.2) is 0 Å². The van der Waals surface area contributed by atoms with Crippen molar-refractivity contribution in [1.29, 1.82) is 0 Å². The summed E-state index contributed by atoms with van der Waals surface area (Å²) in [5.41, 5.74) is 6.32. The number of carbonyl (C=O) groups is 1. The van der Waals surface area contributed by atoms with Crippen LogP contribution in [-0.2, 0) is 11.2 Å². The minimum Gasteiger partial charge on any atom is -0.480 e. The first-order valence-corrected chi connectivity index (χ1v) is 5.77. The minimum atomic E-state index is -1.04. The third-order valence-corrected chi connectivity index (χ3v) is 2.78. The lowest BCUT2D eigenvalue weighted by atomic mass is 10.2. The average Bonchev–Trinajstić information content (AvgIpc) is 2.78. The second-order valence-corrected chi connectivity index (χ2v) is 4.36. The van der Waals surface area contributed by atoms with E-state index in [2.05, 4.69) is 0 Å². The van der Waals surface area contributed by atoms with E-state index in [4.69, 9.17) is 26.9 Å². The predicted molar refractivity (Wildman–Crippen MR) is 68.5 cm³/mol. The van der Waals surface area contributed by atoms with Crippen molar-refractivity contribution in [1.82, 2.24) is 0 Å². The summed E-state index contributed by atoms with van der Waals surface area (Å²) < 4.78 is 5.54. The zero-order valence-electron chi connectivity index (χ0n) is 9.47. The first-order valence-electron chi connectivity index (χ1n) is 5.39. The van der Waals surface area contributed by atoms with E-state index >= 15 is 0 Å². The zero-order chi connectivity index (χ0) is 13.1. The van der Waals surface area contributed by atoms with Gasteiger partial charge in [-0.05, 0) is 36.4 Å². The molecule has 2 rings (SSSR count). The summed E-state index contributed by atoms with van der Waals surface area (Å²) in [6.45, 7) is 0. The normalized spacial score (nSPS) is 12.3. The van der Waals surface area contributed by atoms with E-state index in [1.165, 1.54) is 0 Å². The molecule has 0 fully saturated rings. The Bertz CT molecular complexity index is 548. The molecular formula is C13H12ClNO3. The molecule has 94 valence electrons. The van der Waals surface area contributed by atoms with Crippen LogP contribution in [0.25, 0.3) is 11.3 Å². The first kappa shape index (κ1) is 12.7. The Morgan fingerprint density at radius 1 is 1.28 bits per heavy atom. The summed E-state index contributed by atoms with van der Waals surface area (Å²) >= 11 is 5.80. The van der Waals surface area contributed by atoms with Gasteiger partial charge < -0.3 is 15.3 Å². The van der Waals surface area contributed by atoms with Crippen LogP contribution in [-0.4, -0.2) is 17.1 Å². The van der Waals surface area contributed by atoms with Crippen LogP contribution in [0.5, 0.6) is 0 Å². The van der Waals surface area contributed by atoms with Crippen LogP contribution < -0.4 is 5.73 Å². The second kappa shape index (κ2) is 5.25. The topological polar surface area (TPSA) is 76.5 Å². The van der Waals surface area contributed by atoms with Crippen LogP contribution in [0.2, 0.25) is 5.02 Å². The number of rotatable bonds is 4. The Kier molecular flexibility index (Phi) is 3.69. The Labute approximate surface area is 109 Å². The molecule has 0 saturated heterocycles. The minimum absolute atomic E-state index is 0.170. The highest BCUT2D eigenvalue weighted by Gasteiger charge is 2.14. The van der Waals surface area contributed by atoms with E-state index < -0.39 is 12.0 Å². The molecule has 0 aliphatic rings. The van der Waals surface area contributed by atoms with Crippen molar-refractivity contribution in [2.75, 3.05) is 0 Å². The molecule has 0 amide bonds. The molecule has 3 N–H and O–H groups in total. The summed E-state index contributed by atoms with van der Waals surface area (Å²) in [7, 11) is 0. The van der Waals surface area contributed by atoms with E-state index in [1.54, 1.807) is 24.3 Å². The van der Waals surface area contributed by atoms with Crippen LogP contribution in [0.4, 0.5) is 0 Å². The number of nitrogens with two attached hydrogens (primary N) is 1. The molecule has 0 aliphatic carbocycles. The molecule has 2 aromatic rings. The zero-order valence-corrected chi connectivity index (χ0v) is 10.2. The SMILES string of the molecule is NC(Cc1ccc(-c2ccc(Cl)cc2)o1)C(=O)O. The average molecular weight is 266 g/mol. The number of halogens is 1. The summed E-state index contributed by atoms with van der Waals surface area (Å²) in [6.07, 6.45) is 0.170. The number of carboxylic acid groups (broad SMARTS) is 1. The van der Waals surface area contributed by atoms with Gasteiger partial charge in [0.25, 0.3) is 0 Å². The number of hydrogen-bond acceptors (Lipinski definition) is 3. The van der Waals surface area contributed by atoms with Gasteiger partial charge in [-0.15, -0.1) is 0 Å². The smallest absolute Gasteiger partial charge is 0.320 e. The van der Waals surface area contributed by atoms with Gasteiger partial charge in [-0.2, -0.15) is 0 Å². The molecule has 0 bridgehead atoms. The van der Waals surface area contributed by atoms with Gasteiger partial charge in [0.1, 0.15) is 17.6 Å². The molecule has 1 aromatic carbocycles. The number of benzene rings is 1. The summed E-state index contributed by atoms with van der Waals surface area (Å²) in [5.74, 6) is 0.175. The third-order valence-electron chi connectivity index (χ3n) is 2.53. The maximum atomic E-state index is 10.6. The first-order chi connectivity index (χ1) is 8.56. The fourth-order valence-electron chi connectivity index (χ4n) is 1.56. The maximum absolute atomic E-state index is 10.6. The van der Waals surface area contributed by atoms with E-state index in [-0.39, 0.29) is 6.42 Å². The fourth-order valence-corrected chi connectivity index (χ4v) is 1.69. The maximum Gasteiger partial charge on any atom is 0.320 e. The lowest BCUT2D eigenvalue weighted by Gasteiger charge is -2.03. The van der Waals surface area contributed by atoms with Gasteiger partial charge in [-0.25, -0.2) is 0 Å². The predicted octanol–water partition coefficient (Wildman–Crippen LogP) is 2.55. The largest absolute Gasteiger partial charge is 0.480 e. The van der Waals surface area contributed by atoms with Gasteiger partial charge in [-0.1, -0.05) is 11.6 Å².